The van der Waals surface area contributed by atoms with Crippen molar-refractivity contribution in [3.63, 3.8) is 0 Å². The Kier molecular flexibility index (Phi) is 6.62. The molecular weight excluding hydrogens is 424 g/mol. The average molecular weight is 455 g/mol. The number of piperazine rings is 1. The molecule has 1 aromatic heterocycles. The fourth-order valence-electron chi connectivity index (χ4n) is 4.39. The van der Waals surface area contributed by atoms with E-state index in [-0.39, 0.29) is 17.3 Å². The molecule has 0 unspecified atom stereocenters. The number of rotatable bonds is 6. The van der Waals surface area contributed by atoms with Crippen LogP contribution in [-0.4, -0.2) is 67.8 Å². The molecule has 0 aliphatic carbocycles. The number of piperidine rings is 1. The number of allylic oxidation sites excluding steroid dienone is 1. The topological polar surface area (TPSA) is 73.8 Å². The molecule has 0 N–H and O–H groups in total. The molecule has 0 spiro atoms. The number of nitrogens with zero attached hydrogens (tertiary/aromatic N) is 4. The van der Waals surface area contributed by atoms with E-state index in [4.69, 9.17) is 0 Å². The minimum absolute atomic E-state index is 0.0968. The molecule has 0 radical (unpaired) electrons. The zero-order valence-electron chi connectivity index (χ0n) is 18.5. The third kappa shape index (κ3) is 4.86. The van der Waals surface area contributed by atoms with Gasteiger partial charge >= 0.3 is 0 Å². The van der Waals surface area contributed by atoms with Gasteiger partial charge in [-0.25, -0.2) is 8.42 Å². The molecular formula is C24H30N4O3S. The Morgan fingerprint density at radius 1 is 1.03 bits per heavy atom. The van der Waals surface area contributed by atoms with E-state index in [1.807, 2.05) is 36.4 Å². The second-order valence-corrected chi connectivity index (χ2v) is 10.6. The summed E-state index contributed by atoms with van der Waals surface area (Å²) in [6.07, 6.45) is 5.65. The van der Waals surface area contributed by atoms with Gasteiger partial charge in [0.05, 0.1) is 11.4 Å². The van der Waals surface area contributed by atoms with Gasteiger partial charge in [-0.1, -0.05) is 24.3 Å². The van der Waals surface area contributed by atoms with Crippen molar-refractivity contribution in [3.8, 4) is 0 Å². The summed E-state index contributed by atoms with van der Waals surface area (Å²) in [5.41, 5.74) is 2.97. The number of hydrogen-bond acceptors (Lipinski definition) is 5. The number of benzene rings is 1. The molecule has 0 saturated carbocycles. The Hall–Kier alpha value is -2.71. The highest BCUT2D eigenvalue weighted by atomic mass is 32.2. The van der Waals surface area contributed by atoms with Gasteiger partial charge in [0.25, 0.3) is 0 Å². The zero-order chi connectivity index (χ0) is 22.7. The van der Waals surface area contributed by atoms with Crippen LogP contribution in [0.15, 0.2) is 60.3 Å². The molecule has 7 nitrogen and oxygen atoms in total. The first-order valence-corrected chi connectivity index (χ1v) is 12.5. The summed E-state index contributed by atoms with van der Waals surface area (Å²) in [4.78, 5) is 21.3. The molecule has 0 bridgehead atoms. The number of amides is 1. The number of anilines is 1. The van der Waals surface area contributed by atoms with Crippen LogP contribution in [0.2, 0.25) is 0 Å². The van der Waals surface area contributed by atoms with E-state index >= 15 is 0 Å². The smallest absolute Gasteiger partial charge is 0.243 e. The molecule has 170 valence electrons. The van der Waals surface area contributed by atoms with Crippen LogP contribution in [0.4, 0.5) is 5.69 Å². The van der Waals surface area contributed by atoms with Crippen molar-refractivity contribution in [2.24, 2.45) is 5.92 Å². The second-order valence-electron chi connectivity index (χ2n) is 8.62. The van der Waals surface area contributed by atoms with Gasteiger partial charge in [-0.2, -0.15) is 4.31 Å². The van der Waals surface area contributed by atoms with Gasteiger partial charge < -0.3 is 9.80 Å². The van der Waals surface area contributed by atoms with Crippen molar-refractivity contribution in [2.45, 2.75) is 24.7 Å². The maximum Gasteiger partial charge on any atom is 0.243 e. The minimum Gasteiger partial charge on any atom is -0.371 e. The molecule has 32 heavy (non-hydrogen) atoms. The number of pyridine rings is 1. The maximum atomic E-state index is 13.0. The number of aromatic nitrogens is 1. The van der Waals surface area contributed by atoms with Gasteiger partial charge in [0.1, 0.15) is 0 Å². The molecule has 2 fully saturated rings. The van der Waals surface area contributed by atoms with E-state index < -0.39 is 10.0 Å². The summed E-state index contributed by atoms with van der Waals surface area (Å²) >= 11 is 0. The number of carbonyl (C=O) groups excluding carboxylic acids is 1. The van der Waals surface area contributed by atoms with Crippen LogP contribution in [0, 0.1) is 5.92 Å². The van der Waals surface area contributed by atoms with Gasteiger partial charge in [0.2, 0.25) is 15.9 Å². The molecule has 2 saturated heterocycles. The number of sulfonamides is 1. The lowest BCUT2D eigenvalue weighted by atomic mass is 9.95. The van der Waals surface area contributed by atoms with Gasteiger partial charge in [-0.3, -0.25) is 9.78 Å². The standard InChI is InChI=1S/C24H30N4O3S/c1-19(2)21-3-5-23(6-4-21)32(30,31)28-16-15-27(24(29)18-28)17-20-9-13-26(14-10-20)22-7-11-25-12-8-22/h3-8,11-12,20H,1,9-10,13-18H2,2H3. The SMILES string of the molecule is C=C(C)c1ccc(S(=O)(=O)N2CCN(CC3CCN(c4ccncc4)CC3)C(=O)C2)cc1. The fourth-order valence-corrected chi connectivity index (χ4v) is 5.77. The van der Waals surface area contributed by atoms with Gasteiger partial charge in [-0.05, 0) is 55.5 Å². The highest BCUT2D eigenvalue weighted by molar-refractivity contribution is 7.89. The summed E-state index contributed by atoms with van der Waals surface area (Å²) in [5.74, 6) is 0.324. The Labute approximate surface area is 190 Å². The van der Waals surface area contributed by atoms with Crippen LogP contribution >= 0.6 is 0 Å². The Bertz CT molecular complexity index is 1060. The largest absolute Gasteiger partial charge is 0.371 e. The monoisotopic (exact) mass is 454 g/mol. The van der Waals surface area contributed by atoms with Crippen LogP contribution in [0.3, 0.4) is 0 Å². The molecule has 0 atom stereocenters. The quantitative estimate of drug-likeness (QED) is 0.671. The van der Waals surface area contributed by atoms with Gasteiger partial charge in [-0.15, -0.1) is 0 Å². The zero-order valence-corrected chi connectivity index (χ0v) is 19.3. The summed E-state index contributed by atoms with van der Waals surface area (Å²) in [6, 6.07) is 10.7. The predicted molar refractivity (Wildman–Crippen MR) is 126 cm³/mol. The summed E-state index contributed by atoms with van der Waals surface area (Å²) in [7, 11) is -3.69. The number of hydrogen-bond donors (Lipinski definition) is 0. The third-order valence-corrected chi connectivity index (χ3v) is 8.25. The molecule has 1 aromatic carbocycles. The molecule has 8 heteroatoms. The van der Waals surface area contributed by atoms with Gasteiger partial charge in [0, 0.05) is 50.8 Å². The highest BCUT2D eigenvalue weighted by Crippen LogP contribution is 2.25. The Morgan fingerprint density at radius 2 is 1.69 bits per heavy atom. The minimum atomic E-state index is -3.69. The van der Waals surface area contributed by atoms with Crippen molar-refractivity contribution in [2.75, 3.05) is 44.2 Å². The first kappa shape index (κ1) is 22.5. The van der Waals surface area contributed by atoms with E-state index in [0.29, 0.717) is 25.6 Å². The van der Waals surface area contributed by atoms with E-state index in [1.165, 1.54) is 9.99 Å². The highest BCUT2D eigenvalue weighted by Gasteiger charge is 2.34. The molecule has 2 aliphatic heterocycles. The molecule has 2 aromatic rings. The van der Waals surface area contributed by atoms with Crippen LogP contribution in [0.1, 0.15) is 25.3 Å². The summed E-state index contributed by atoms with van der Waals surface area (Å²) < 4.78 is 27.3. The lowest BCUT2D eigenvalue weighted by Gasteiger charge is -2.38. The van der Waals surface area contributed by atoms with E-state index in [9.17, 15) is 13.2 Å². The predicted octanol–water partition coefficient (Wildman–Crippen LogP) is 2.86. The van der Waals surface area contributed by atoms with E-state index in [1.54, 1.807) is 24.3 Å². The summed E-state index contributed by atoms with van der Waals surface area (Å²) in [6.45, 7) is 9.03. The number of carbonyl (C=O) groups is 1. The van der Waals surface area contributed by atoms with Crippen molar-refractivity contribution in [3.05, 3.63) is 60.9 Å². The average Bonchev–Trinajstić information content (AvgIpc) is 2.81. The lowest BCUT2D eigenvalue weighted by Crippen LogP contribution is -2.53. The first-order chi connectivity index (χ1) is 15.3. The van der Waals surface area contributed by atoms with Gasteiger partial charge in [0.15, 0.2) is 0 Å². The van der Waals surface area contributed by atoms with Crippen LogP contribution in [-0.2, 0) is 14.8 Å². The first-order valence-electron chi connectivity index (χ1n) is 11.0. The third-order valence-electron chi connectivity index (χ3n) is 6.39. The van der Waals surface area contributed by atoms with Crippen molar-refractivity contribution in [1.82, 2.24) is 14.2 Å². The normalized spacial score (nSPS) is 18.7. The maximum absolute atomic E-state index is 13.0. The van der Waals surface area contributed by atoms with Crippen molar-refractivity contribution < 1.29 is 13.2 Å². The van der Waals surface area contributed by atoms with E-state index in [2.05, 4.69) is 16.5 Å². The summed E-state index contributed by atoms with van der Waals surface area (Å²) in [5, 5.41) is 0. The second kappa shape index (κ2) is 9.42. The van der Waals surface area contributed by atoms with Crippen LogP contribution < -0.4 is 4.90 Å². The fraction of sp³-hybridized carbons (Fsp3) is 0.417. The molecule has 4 rings (SSSR count). The van der Waals surface area contributed by atoms with Crippen LogP contribution in [0.25, 0.3) is 5.57 Å². The van der Waals surface area contributed by atoms with Crippen LogP contribution in [0.5, 0.6) is 0 Å². The molecule has 1 amide bonds. The molecule has 3 heterocycles. The van der Waals surface area contributed by atoms with E-state index in [0.717, 1.165) is 37.1 Å². The Morgan fingerprint density at radius 3 is 2.28 bits per heavy atom. The lowest BCUT2D eigenvalue weighted by molar-refractivity contribution is -0.134. The molecule has 2 aliphatic rings. The Balaban J connectivity index is 1.31. The van der Waals surface area contributed by atoms with Crippen molar-refractivity contribution in [1.29, 1.82) is 0 Å². The van der Waals surface area contributed by atoms with Crippen molar-refractivity contribution >= 4 is 27.2 Å².